The lowest BCUT2D eigenvalue weighted by molar-refractivity contribution is 0.603. The summed E-state index contributed by atoms with van der Waals surface area (Å²) >= 11 is 6.82. The highest BCUT2D eigenvalue weighted by atomic mass is 35.5. The van der Waals surface area contributed by atoms with Crippen molar-refractivity contribution in [2.75, 3.05) is 4.72 Å². The van der Waals surface area contributed by atoms with Crippen LogP contribution < -0.4 is 4.72 Å². The molecule has 1 aromatic carbocycles. The van der Waals surface area contributed by atoms with Gasteiger partial charge in [0.1, 0.15) is 4.21 Å². The molecule has 0 aliphatic heterocycles. The van der Waals surface area contributed by atoms with Crippen LogP contribution in [0, 0.1) is 0 Å². The normalized spacial score (nSPS) is 11.7. The van der Waals surface area contributed by atoms with Crippen molar-refractivity contribution in [2.24, 2.45) is 0 Å². The number of aromatic nitrogens is 3. The smallest absolute Gasteiger partial charge is 0.271 e. The Balaban J connectivity index is 1.59. The second kappa shape index (κ2) is 6.14. The van der Waals surface area contributed by atoms with E-state index in [-0.39, 0.29) is 4.21 Å². The summed E-state index contributed by atoms with van der Waals surface area (Å²) in [6.07, 6.45) is 5.42. The van der Waals surface area contributed by atoms with E-state index in [1.807, 2.05) is 22.9 Å². The first-order valence-electron chi connectivity index (χ1n) is 7.20. The number of sulfonamides is 1. The molecule has 0 atom stereocenters. The van der Waals surface area contributed by atoms with E-state index in [1.165, 1.54) is 6.07 Å². The van der Waals surface area contributed by atoms with Gasteiger partial charge in [-0.15, -0.1) is 11.3 Å². The van der Waals surface area contributed by atoms with Gasteiger partial charge in [-0.1, -0.05) is 23.7 Å². The lowest BCUT2D eigenvalue weighted by Crippen LogP contribution is -2.11. The van der Waals surface area contributed by atoms with Gasteiger partial charge in [0.25, 0.3) is 10.0 Å². The Morgan fingerprint density at radius 3 is 2.60 bits per heavy atom. The minimum atomic E-state index is -3.64. The fraction of sp³-hybridized carbons (Fsp3) is 0. The van der Waals surface area contributed by atoms with Crippen molar-refractivity contribution < 1.29 is 8.42 Å². The zero-order chi connectivity index (χ0) is 17.4. The molecule has 4 aromatic rings. The third kappa shape index (κ3) is 3.23. The van der Waals surface area contributed by atoms with Crippen LogP contribution in [0.2, 0.25) is 4.34 Å². The van der Waals surface area contributed by atoms with E-state index < -0.39 is 10.0 Å². The summed E-state index contributed by atoms with van der Waals surface area (Å²) in [6.45, 7) is 0. The van der Waals surface area contributed by atoms with E-state index >= 15 is 0 Å². The van der Waals surface area contributed by atoms with Gasteiger partial charge in [-0.2, -0.15) is 0 Å². The lowest BCUT2D eigenvalue weighted by Gasteiger charge is -2.06. The molecule has 126 valence electrons. The van der Waals surface area contributed by atoms with Gasteiger partial charge in [0, 0.05) is 29.8 Å². The molecule has 3 aromatic heterocycles. The maximum Gasteiger partial charge on any atom is 0.271 e. The third-order valence-electron chi connectivity index (χ3n) is 3.48. The molecule has 3 heterocycles. The Morgan fingerprint density at radius 1 is 1.12 bits per heavy atom. The molecule has 0 amide bonds. The molecule has 0 fully saturated rings. The number of benzene rings is 1. The van der Waals surface area contributed by atoms with E-state index in [9.17, 15) is 8.42 Å². The van der Waals surface area contributed by atoms with Crippen LogP contribution in [0.25, 0.3) is 17.0 Å². The lowest BCUT2D eigenvalue weighted by atomic mass is 10.1. The summed E-state index contributed by atoms with van der Waals surface area (Å²) < 4.78 is 29.6. The van der Waals surface area contributed by atoms with Crippen molar-refractivity contribution in [3.8, 4) is 11.3 Å². The Kier molecular flexibility index (Phi) is 3.95. The van der Waals surface area contributed by atoms with Gasteiger partial charge in [0.15, 0.2) is 0 Å². The average molecular weight is 391 g/mol. The SMILES string of the molecule is O=S(=O)(Nc1ccc(-c2cn3cccnc3n2)cc1)c1ccc(Cl)s1. The molecule has 6 nitrogen and oxygen atoms in total. The van der Waals surface area contributed by atoms with Crippen molar-refractivity contribution in [2.45, 2.75) is 4.21 Å². The van der Waals surface area contributed by atoms with Crippen molar-refractivity contribution in [1.82, 2.24) is 14.4 Å². The average Bonchev–Trinajstić information content (AvgIpc) is 3.21. The van der Waals surface area contributed by atoms with Gasteiger partial charge in [0.05, 0.1) is 10.0 Å². The Bertz CT molecular complexity index is 1120. The minimum absolute atomic E-state index is 0.174. The molecule has 0 unspecified atom stereocenters. The fourth-order valence-electron chi connectivity index (χ4n) is 2.33. The Morgan fingerprint density at radius 2 is 1.92 bits per heavy atom. The number of halogens is 1. The zero-order valence-corrected chi connectivity index (χ0v) is 15.0. The number of nitrogens with zero attached hydrogens (tertiary/aromatic N) is 3. The van der Waals surface area contributed by atoms with Crippen LogP contribution in [0.15, 0.2) is 65.3 Å². The largest absolute Gasteiger partial charge is 0.291 e. The van der Waals surface area contributed by atoms with E-state index in [0.29, 0.717) is 15.8 Å². The number of imidazole rings is 1. The highest BCUT2D eigenvalue weighted by Crippen LogP contribution is 2.28. The second-order valence-electron chi connectivity index (χ2n) is 5.19. The summed E-state index contributed by atoms with van der Waals surface area (Å²) in [5.74, 6) is 0.608. The summed E-state index contributed by atoms with van der Waals surface area (Å²) in [4.78, 5) is 8.62. The number of thiophene rings is 1. The first-order valence-corrected chi connectivity index (χ1v) is 9.87. The quantitative estimate of drug-likeness (QED) is 0.573. The molecule has 0 aliphatic rings. The maximum atomic E-state index is 12.3. The first-order chi connectivity index (χ1) is 12.0. The topological polar surface area (TPSA) is 76.4 Å². The number of hydrogen-bond donors (Lipinski definition) is 1. The van der Waals surface area contributed by atoms with Gasteiger partial charge < -0.3 is 0 Å². The molecule has 25 heavy (non-hydrogen) atoms. The van der Waals surface area contributed by atoms with Crippen LogP contribution in [0.4, 0.5) is 5.69 Å². The highest BCUT2D eigenvalue weighted by Gasteiger charge is 2.16. The van der Waals surface area contributed by atoms with Crippen molar-refractivity contribution in [1.29, 1.82) is 0 Å². The van der Waals surface area contributed by atoms with Crippen molar-refractivity contribution in [3.63, 3.8) is 0 Å². The van der Waals surface area contributed by atoms with Crippen molar-refractivity contribution >= 4 is 44.4 Å². The van der Waals surface area contributed by atoms with Gasteiger partial charge in [-0.05, 0) is 30.3 Å². The molecular weight excluding hydrogens is 380 g/mol. The number of hydrogen-bond acceptors (Lipinski definition) is 5. The van der Waals surface area contributed by atoms with Crippen LogP contribution in [0.5, 0.6) is 0 Å². The second-order valence-corrected chi connectivity index (χ2v) is 8.82. The third-order valence-corrected chi connectivity index (χ3v) is 6.59. The van der Waals surface area contributed by atoms with Crippen LogP contribution >= 0.6 is 22.9 Å². The maximum absolute atomic E-state index is 12.3. The number of fused-ring (bicyclic) bond motifs is 1. The molecule has 0 aliphatic carbocycles. The molecule has 1 N–H and O–H groups in total. The van der Waals surface area contributed by atoms with Crippen LogP contribution in [-0.2, 0) is 10.0 Å². The summed E-state index contributed by atoms with van der Waals surface area (Å²) in [5, 5.41) is 0. The fourth-order valence-corrected chi connectivity index (χ4v) is 4.87. The first kappa shape index (κ1) is 16.1. The highest BCUT2D eigenvalue weighted by molar-refractivity contribution is 7.94. The predicted molar refractivity (Wildman–Crippen MR) is 98.6 cm³/mol. The number of nitrogens with one attached hydrogen (secondary N) is 1. The van der Waals surface area contributed by atoms with Gasteiger partial charge in [-0.25, -0.2) is 18.4 Å². The van der Waals surface area contributed by atoms with Crippen LogP contribution in [0.1, 0.15) is 0 Å². The van der Waals surface area contributed by atoms with E-state index in [4.69, 9.17) is 11.6 Å². The molecule has 9 heteroatoms. The monoisotopic (exact) mass is 390 g/mol. The van der Waals surface area contributed by atoms with E-state index in [2.05, 4.69) is 14.7 Å². The van der Waals surface area contributed by atoms with Crippen LogP contribution in [0.3, 0.4) is 0 Å². The zero-order valence-electron chi connectivity index (χ0n) is 12.6. The minimum Gasteiger partial charge on any atom is -0.291 e. The summed E-state index contributed by atoms with van der Waals surface area (Å²) in [7, 11) is -3.64. The summed E-state index contributed by atoms with van der Waals surface area (Å²) in [6, 6.07) is 11.9. The number of anilines is 1. The molecule has 0 saturated heterocycles. The molecular formula is C16H11ClN4O2S2. The van der Waals surface area contributed by atoms with Crippen molar-refractivity contribution in [3.05, 3.63) is 65.4 Å². The molecule has 0 saturated carbocycles. The number of rotatable bonds is 4. The molecule has 0 bridgehead atoms. The summed E-state index contributed by atoms with van der Waals surface area (Å²) in [5.41, 5.74) is 2.10. The Labute approximate surface area is 152 Å². The van der Waals surface area contributed by atoms with Crippen LogP contribution in [-0.4, -0.2) is 22.8 Å². The molecule has 4 rings (SSSR count). The molecule has 0 spiro atoms. The van der Waals surface area contributed by atoms with Gasteiger partial charge in [-0.3, -0.25) is 9.12 Å². The van der Waals surface area contributed by atoms with Gasteiger partial charge in [0.2, 0.25) is 5.78 Å². The van der Waals surface area contributed by atoms with Gasteiger partial charge >= 0.3 is 0 Å². The predicted octanol–water partition coefficient (Wildman–Crippen LogP) is 3.91. The molecule has 0 radical (unpaired) electrons. The Hall–Kier alpha value is -2.42. The van der Waals surface area contributed by atoms with E-state index in [0.717, 1.165) is 22.6 Å². The van der Waals surface area contributed by atoms with E-state index in [1.54, 1.807) is 36.5 Å². The standard InChI is InChI=1S/C16H11ClN4O2S2/c17-14-6-7-15(24-14)25(22,23)20-12-4-2-11(3-5-12)13-10-21-9-1-8-18-16(21)19-13/h1-10,20H.